The SMILES string of the molecule is Cc1nc(C)c([C@H](OC(C)(C)C)C(=O)O)c(-c2ccc3c(c2)CCCO3)c1-c1ccc(OCCc2ccc(F)cc2)cc1. The topological polar surface area (TPSA) is 77.9 Å². The smallest absolute Gasteiger partial charge is 0.337 e. The second-order valence-corrected chi connectivity index (χ2v) is 11.9. The van der Waals surface area contributed by atoms with Gasteiger partial charge in [-0.05, 0) is 112 Å². The third kappa shape index (κ3) is 7.05. The highest BCUT2D eigenvalue weighted by atomic mass is 19.1. The molecule has 43 heavy (non-hydrogen) atoms. The molecule has 0 radical (unpaired) electrons. The van der Waals surface area contributed by atoms with E-state index in [-0.39, 0.29) is 5.82 Å². The number of hydrogen-bond acceptors (Lipinski definition) is 5. The monoisotopic (exact) mass is 583 g/mol. The number of hydrogen-bond donors (Lipinski definition) is 1. The first-order chi connectivity index (χ1) is 20.5. The maximum atomic E-state index is 13.2. The van der Waals surface area contributed by atoms with Crippen LogP contribution in [0.2, 0.25) is 0 Å². The molecule has 0 bridgehead atoms. The number of benzene rings is 3. The predicted octanol–water partition coefficient (Wildman–Crippen LogP) is 8.06. The van der Waals surface area contributed by atoms with Gasteiger partial charge in [0, 0.05) is 28.9 Å². The fourth-order valence-electron chi connectivity index (χ4n) is 5.60. The van der Waals surface area contributed by atoms with Gasteiger partial charge in [-0.3, -0.25) is 4.98 Å². The van der Waals surface area contributed by atoms with Crippen molar-refractivity contribution >= 4 is 5.97 Å². The summed E-state index contributed by atoms with van der Waals surface area (Å²) in [6.07, 6.45) is 1.26. The van der Waals surface area contributed by atoms with E-state index < -0.39 is 17.7 Å². The Labute approximate surface area is 252 Å². The summed E-state index contributed by atoms with van der Waals surface area (Å²) in [6, 6.07) is 20.3. The lowest BCUT2D eigenvalue weighted by molar-refractivity contribution is -0.160. The first-order valence-corrected chi connectivity index (χ1v) is 14.7. The van der Waals surface area contributed by atoms with Crippen LogP contribution in [0.3, 0.4) is 0 Å². The summed E-state index contributed by atoms with van der Waals surface area (Å²) >= 11 is 0. The van der Waals surface area contributed by atoms with E-state index >= 15 is 0 Å². The average Bonchev–Trinajstić information content (AvgIpc) is 2.96. The molecule has 1 N–H and O–H groups in total. The molecule has 5 rings (SSSR count). The highest BCUT2D eigenvalue weighted by Gasteiger charge is 2.33. The fraction of sp³-hybridized carbons (Fsp3) is 0.333. The number of halogens is 1. The number of pyridine rings is 1. The standard InChI is InChI=1S/C36H38FNO5/c1-22-31(25-10-15-29(16-11-25)41-20-18-24-8-13-28(37)14-9-24)33(27-12-17-30-26(21-27)7-6-19-42-30)32(23(2)38-22)34(35(39)40)43-36(3,4)5/h8-17,21,34H,6-7,18-20H2,1-5H3,(H,39,40)/t34-/m0/s1. The Morgan fingerprint density at radius 3 is 2.35 bits per heavy atom. The second-order valence-electron chi connectivity index (χ2n) is 11.9. The molecule has 0 fully saturated rings. The van der Waals surface area contributed by atoms with Gasteiger partial charge in [0.15, 0.2) is 6.10 Å². The number of aliphatic carboxylic acids is 1. The summed E-state index contributed by atoms with van der Waals surface area (Å²) in [6.45, 7) is 10.5. The molecular weight excluding hydrogens is 545 g/mol. The van der Waals surface area contributed by atoms with Crippen molar-refractivity contribution in [1.82, 2.24) is 4.98 Å². The zero-order chi connectivity index (χ0) is 30.7. The van der Waals surface area contributed by atoms with Crippen LogP contribution in [-0.2, 0) is 22.4 Å². The van der Waals surface area contributed by atoms with Crippen molar-refractivity contribution in [2.45, 2.75) is 65.6 Å². The van der Waals surface area contributed by atoms with Gasteiger partial charge in [-0.1, -0.05) is 30.3 Å². The van der Waals surface area contributed by atoms with Crippen LogP contribution in [0.15, 0.2) is 66.7 Å². The first-order valence-electron chi connectivity index (χ1n) is 14.7. The number of aromatic nitrogens is 1. The van der Waals surface area contributed by atoms with Crippen molar-refractivity contribution in [3.63, 3.8) is 0 Å². The quantitative estimate of drug-likeness (QED) is 0.215. The molecule has 1 aliphatic rings. The summed E-state index contributed by atoms with van der Waals surface area (Å²) < 4.78 is 31.3. The van der Waals surface area contributed by atoms with E-state index in [1.54, 1.807) is 12.1 Å². The van der Waals surface area contributed by atoms with Gasteiger partial charge in [0.25, 0.3) is 0 Å². The van der Waals surface area contributed by atoms with Crippen LogP contribution in [0.25, 0.3) is 22.3 Å². The van der Waals surface area contributed by atoms with E-state index in [0.29, 0.717) is 36.6 Å². The summed E-state index contributed by atoms with van der Waals surface area (Å²) in [5, 5.41) is 10.4. The number of carboxylic acids is 1. The van der Waals surface area contributed by atoms with Gasteiger partial charge >= 0.3 is 5.97 Å². The van der Waals surface area contributed by atoms with Gasteiger partial charge in [-0.25, -0.2) is 9.18 Å². The molecule has 0 saturated heterocycles. The molecule has 3 aromatic carbocycles. The predicted molar refractivity (Wildman–Crippen MR) is 165 cm³/mol. The molecular formula is C36H38FNO5. The Kier molecular flexibility index (Phi) is 8.83. The Hall–Kier alpha value is -4.23. The molecule has 0 amide bonds. The summed E-state index contributed by atoms with van der Waals surface area (Å²) in [4.78, 5) is 17.6. The molecule has 0 unspecified atom stereocenters. The van der Waals surface area contributed by atoms with Crippen molar-refractivity contribution in [2.24, 2.45) is 0 Å². The highest BCUT2D eigenvalue weighted by molar-refractivity contribution is 5.91. The third-order valence-electron chi connectivity index (χ3n) is 7.48. The largest absolute Gasteiger partial charge is 0.493 e. The third-order valence-corrected chi connectivity index (χ3v) is 7.48. The number of carboxylic acid groups (broad SMARTS) is 1. The molecule has 2 heterocycles. The van der Waals surface area contributed by atoms with Crippen LogP contribution < -0.4 is 9.47 Å². The molecule has 4 aromatic rings. The van der Waals surface area contributed by atoms with Crippen molar-refractivity contribution in [3.05, 3.63) is 101 Å². The Bertz CT molecular complexity index is 1610. The number of rotatable bonds is 9. The van der Waals surface area contributed by atoms with E-state index in [9.17, 15) is 14.3 Å². The minimum Gasteiger partial charge on any atom is -0.493 e. The summed E-state index contributed by atoms with van der Waals surface area (Å²) in [5.41, 5.74) is 6.76. The first kappa shape index (κ1) is 30.2. The van der Waals surface area contributed by atoms with E-state index in [2.05, 4.69) is 6.07 Å². The zero-order valence-corrected chi connectivity index (χ0v) is 25.4. The van der Waals surface area contributed by atoms with E-state index in [1.165, 1.54) is 12.1 Å². The maximum Gasteiger partial charge on any atom is 0.337 e. The average molecular weight is 584 g/mol. The van der Waals surface area contributed by atoms with Gasteiger partial charge in [0.2, 0.25) is 0 Å². The van der Waals surface area contributed by atoms with E-state index in [0.717, 1.165) is 57.7 Å². The number of nitrogens with zero attached hydrogens (tertiary/aromatic N) is 1. The number of carbonyl (C=O) groups is 1. The van der Waals surface area contributed by atoms with Crippen LogP contribution >= 0.6 is 0 Å². The molecule has 0 spiro atoms. The molecule has 0 saturated carbocycles. The van der Waals surface area contributed by atoms with Crippen LogP contribution in [0.5, 0.6) is 11.5 Å². The van der Waals surface area contributed by atoms with E-state index in [1.807, 2.05) is 71.0 Å². The second kappa shape index (κ2) is 12.6. The minimum absolute atomic E-state index is 0.257. The van der Waals surface area contributed by atoms with Crippen LogP contribution in [0.1, 0.15) is 61.4 Å². The number of ether oxygens (including phenoxy) is 3. The molecule has 1 atom stereocenters. The molecule has 1 aliphatic heterocycles. The highest BCUT2D eigenvalue weighted by Crippen LogP contribution is 2.44. The number of fused-ring (bicyclic) bond motifs is 1. The maximum absolute atomic E-state index is 13.2. The molecule has 224 valence electrons. The lowest BCUT2D eigenvalue weighted by Gasteiger charge is -2.29. The van der Waals surface area contributed by atoms with Gasteiger partial charge in [0.1, 0.15) is 17.3 Å². The van der Waals surface area contributed by atoms with Gasteiger partial charge in [-0.2, -0.15) is 0 Å². The van der Waals surface area contributed by atoms with Crippen LogP contribution in [0, 0.1) is 19.7 Å². The van der Waals surface area contributed by atoms with Gasteiger partial charge < -0.3 is 19.3 Å². The Morgan fingerprint density at radius 2 is 1.67 bits per heavy atom. The number of aryl methyl sites for hydroxylation is 3. The fourth-order valence-corrected chi connectivity index (χ4v) is 5.60. The van der Waals surface area contributed by atoms with Crippen molar-refractivity contribution in [3.8, 4) is 33.8 Å². The Balaban J connectivity index is 1.57. The minimum atomic E-state index is -1.22. The molecule has 6 nitrogen and oxygen atoms in total. The van der Waals surface area contributed by atoms with E-state index in [4.69, 9.17) is 19.2 Å². The van der Waals surface area contributed by atoms with Crippen LogP contribution in [-0.4, -0.2) is 34.9 Å². The molecule has 1 aromatic heterocycles. The van der Waals surface area contributed by atoms with Crippen molar-refractivity contribution in [2.75, 3.05) is 13.2 Å². The zero-order valence-electron chi connectivity index (χ0n) is 25.4. The lowest BCUT2D eigenvalue weighted by atomic mass is 9.85. The van der Waals surface area contributed by atoms with Gasteiger partial charge in [0.05, 0.1) is 18.8 Å². The molecule has 7 heteroatoms. The van der Waals surface area contributed by atoms with Crippen molar-refractivity contribution < 1.29 is 28.5 Å². The molecule has 0 aliphatic carbocycles. The van der Waals surface area contributed by atoms with Gasteiger partial charge in [-0.15, -0.1) is 0 Å². The lowest BCUT2D eigenvalue weighted by Crippen LogP contribution is -2.28. The normalized spacial score (nSPS) is 13.6. The van der Waals surface area contributed by atoms with Crippen LogP contribution in [0.4, 0.5) is 4.39 Å². The Morgan fingerprint density at radius 1 is 0.977 bits per heavy atom. The summed E-state index contributed by atoms with van der Waals surface area (Å²) in [7, 11) is 0. The summed E-state index contributed by atoms with van der Waals surface area (Å²) in [5.74, 6) is 0.244. The van der Waals surface area contributed by atoms with Crippen molar-refractivity contribution in [1.29, 1.82) is 0 Å².